The van der Waals surface area contributed by atoms with E-state index in [2.05, 4.69) is 5.32 Å². The van der Waals surface area contributed by atoms with Crippen molar-refractivity contribution in [2.24, 2.45) is 0 Å². The van der Waals surface area contributed by atoms with Crippen molar-refractivity contribution in [2.75, 3.05) is 12.4 Å². The lowest BCUT2D eigenvalue weighted by Gasteiger charge is -2.11. The summed E-state index contributed by atoms with van der Waals surface area (Å²) in [5.41, 5.74) is 5.41. The van der Waals surface area contributed by atoms with Gasteiger partial charge in [0.05, 0.1) is 18.4 Å². The van der Waals surface area contributed by atoms with Crippen LogP contribution < -0.4 is 10.1 Å². The van der Waals surface area contributed by atoms with Crippen LogP contribution in [0, 0.1) is 13.8 Å². The fraction of sp³-hybridized carbons (Fsp3) is 0.182. The van der Waals surface area contributed by atoms with Crippen LogP contribution in [0.1, 0.15) is 17.0 Å². The fourth-order valence-electron chi connectivity index (χ4n) is 3.39. The van der Waals surface area contributed by atoms with Gasteiger partial charge in [0.25, 0.3) is 0 Å². The molecular weight excluding hydrogens is 407 g/mol. The number of nitrogens with one attached hydrogen (secondary N) is 1. The Labute approximate surface area is 179 Å². The molecule has 0 saturated carbocycles. The second-order valence-electron chi connectivity index (χ2n) is 6.77. The normalized spacial score (nSPS) is 11.1. The zero-order valence-corrected chi connectivity index (χ0v) is 17.8. The standard InChI is InChI=1S/C22H20Cl2N4O/c1-13-10-20(25-12-15-8-9-16(23)11-18(15)24)28-22(26-13)21(14(2)27-28)17-6-4-5-7-19(17)29-3/h4-11,25H,12H2,1-3H3. The van der Waals surface area contributed by atoms with Gasteiger partial charge in [0, 0.05) is 33.9 Å². The Hall–Kier alpha value is -2.76. The number of hydrogen-bond acceptors (Lipinski definition) is 4. The van der Waals surface area contributed by atoms with Crippen LogP contribution in [0.2, 0.25) is 10.0 Å². The van der Waals surface area contributed by atoms with E-state index in [9.17, 15) is 0 Å². The maximum Gasteiger partial charge on any atom is 0.165 e. The van der Waals surface area contributed by atoms with Crippen molar-refractivity contribution in [3.63, 3.8) is 0 Å². The van der Waals surface area contributed by atoms with E-state index < -0.39 is 0 Å². The van der Waals surface area contributed by atoms with Crippen LogP contribution in [-0.4, -0.2) is 21.7 Å². The number of ether oxygens (including phenoxy) is 1. The molecule has 0 amide bonds. The molecule has 4 rings (SSSR count). The predicted octanol–water partition coefficient (Wildman–Crippen LogP) is 5.94. The summed E-state index contributed by atoms with van der Waals surface area (Å²) >= 11 is 12.3. The Morgan fingerprint density at radius 3 is 2.62 bits per heavy atom. The summed E-state index contributed by atoms with van der Waals surface area (Å²) in [5.74, 6) is 1.62. The topological polar surface area (TPSA) is 51.5 Å². The SMILES string of the molecule is COc1ccccc1-c1c(C)nn2c(NCc3ccc(Cl)cc3Cl)cc(C)nc12. The first-order valence-corrected chi connectivity index (χ1v) is 9.91. The number of benzene rings is 2. The van der Waals surface area contributed by atoms with Crippen LogP contribution in [0.25, 0.3) is 16.8 Å². The first kappa shape index (κ1) is 19.6. The van der Waals surface area contributed by atoms with E-state index in [1.807, 2.05) is 60.8 Å². The van der Waals surface area contributed by atoms with Crippen LogP contribution in [0.5, 0.6) is 5.75 Å². The highest BCUT2D eigenvalue weighted by atomic mass is 35.5. The first-order chi connectivity index (χ1) is 14.0. The Bertz CT molecular complexity index is 1200. The number of fused-ring (bicyclic) bond motifs is 1. The van der Waals surface area contributed by atoms with Crippen LogP contribution in [0.4, 0.5) is 5.82 Å². The van der Waals surface area contributed by atoms with Gasteiger partial charge in [0.2, 0.25) is 0 Å². The van der Waals surface area contributed by atoms with E-state index in [4.69, 9.17) is 38.0 Å². The van der Waals surface area contributed by atoms with Crippen LogP contribution in [0.15, 0.2) is 48.5 Å². The van der Waals surface area contributed by atoms with E-state index in [1.54, 1.807) is 13.2 Å². The smallest absolute Gasteiger partial charge is 0.165 e. The van der Waals surface area contributed by atoms with Gasteiger partial charge in [-0.2, -0.15) is 9.61 Å². The highest BCUT2D eigenvalue weighted by molar-refractivity contribution is 6.35. The first-order valence-electron chi connectivity index (χ1n) is 9.16. The van der Waals surface area contributed by atoms with Crippen molar-refractivity contribution < 1.29 is 4.74 Å². The molecule has 0 fully saturated rings. The summed E-state index contributed by atoms with van der Waals surface area (Å²) in [4.78, 5) is 4.75. The van der Waals surface area contributed by atoms with Gasteiger partial charge in [-0.15, -0.1) is 0 Å². The zero-order valence-electron chi connectivity index (χ0n) is 16.3. The fourth-order valence-corrected chi connectivity index (χ4v) is 3.86. The molecular formula is C22H20Cl2N4O. The molecule has 2 aromatic carbocycles. The zero-order chi connectivity index (χ0) is 20.5. The number of rotatable bonds is 5. The number of anilines is 1. The number of nitrogens with zero attached hydrogens (tertiary/aromatic N) is 3. The molecule has 4 aromatic rings. The molecule has 1 N–H and O–H groups in total. The van der Waals surface area contributed by atoms with E-state index in [-0.39, 0.29) is 0 Å². The van der Waals surface area contributed by atoms with Crippen LogP contribution in [-0.2, 0) is 6.54 Å². The van der Waals surface area contributed by atoms with E-state index in [0.29, 0.717) is 16.6 Å². The Morgan fingerprint density at radius 1 is 1.07 bits per heavy atom. The molecule has 0 spiro atoms. The minimum atomic E-state index is 0.539. The Balaban J connectivity index is 1.79. The predicted molar refractivity (Wildman–Crippen MR) is 118 cm³/mol. The molecule has 0 aliphatic heterocycles. The number of hydrogen-bond donors (Lipinski definition) is 1. The average molecular weight is 427 g/mol. The molecule has 0 atom stereocenters. The summed E-state index contributed by atoms with van der Waals surface area (Å²) in [7, 11) is 1.67. The van der Waals surface area contributed by atoms with E-state index >= 15 is 0 Å². The Morgan fingerprint density at radius 2 is 1.86 bits per heavy atom. The molecule has 2 aromatic heterocycles. The third-order valence-corrected chi connectivity index (χ3v) is 5.33. The minimum absolute atomic E-state index is 0.539. The second kappa shape index (κ2) is 7.93. The second-order valence-corrected chi connectivity index (χ2v) is 7.61. The molecule has 148 valence electrons. The van der Waals surface area contributed by atoms with Crippen LogP contribution in [0.3, 0.4) is 0 Å². The van der Waals surface area contributed by atoms with Crippen LogP contribution >= 0.6 is 23.2 Å². The molecule has 0 unspecified atom stereocenters. The number of methoxy groups -OCH3 is 1. The minimum Gasteiger partial charge on any atom is -0.496 e. The van der Waals surface area contributed by atoms with Gasteiger partial charge < -0.3 is 10.1 Å². The number of aromatic nitrogens is 3. The third kappa shape index (κ3) is 3.76. The molecule has 0 bridgehead atoms. The largest absolute Gasteiger partial charge is 0.496 e. The lowest BCUT2D eigenvalue weighted by Crippen LogP contribution is -2.07. The van der Waals surface area contributed by atoms with Crippen molar-refractivity contribution in [2.45, 2.75) is 20.4 Å². The molecule has 0 radical (unpaired) electrons. The van der Waals surface area contributed by atoms with Gasteiger partial charge >= 0.3 is 0 Å². The van der Waals surface area contributed by atoms with Gasteiger partial charge in [0.1, 0.15) is 11.6 Å². The maximum absolute atomic E-state index is 6.31. The molecule has 0 aliphatic carbocycles. The number of para-hydroxylation sites is 1. The highest BCUT2D eigenvalue weighted by Crippen LogP contribution is 2.35. The lowest BCUT2D eigenvalue weighted by molar-refractivity contribution is 0.416. The Kier molecular flexibility index (Phi) is 5.35. The molecule has 0 aliphatic rings. The summed E-state index contributed by atoms with van der Waals surface area (Å²) in [6.45, 7) is 4.48. The van der Waals surface area contributed by atoms with E-state index in [1.165, 1.54) is 0 Å². The number of aryl methyl sites for hydroxylation is 2. The van der Waals surface area contributed by atoms with Crippen molar-refractivity contribution in [3.8, 4) is 16.9 Å². The molecule has 0 saturated heterocycles. The summed E-state index contributed by atoms with van der Waals surface area (Å²) < 4.78 is 7.38. The molecule has 2 heterocycles. The van der Waals surface area contributed by atoms with Gasteiger partial charge in [-0.25, -0.2) is 4.98 Å². The van der Waals surface area contributed by atoms with Crippen molar-refractivity contribution in [1.29, 1.82) is 0 Å². The summed E-state index contributed by atoms with van der Waals surface area (Å²) in [6.07, 6.45) is 0. The van der Waals surface area contributed by atoms with Crippen molar-refractivity contribution in [3.05, 3.63) is 75.5 Å². The molecule has 5 nitrogen and oxygen atoms in total. The number of halogens is 2. The third-order valence-electron chi connectivity index (χ3n) is 4.74. The quantitative estimate of drug-likeness (QED) is 0.428. The van der Waals surface area contributed by atoms with Crippen molar-refractivity contribution in [1.82, 2.24) is 14.6 Å². The maximum atomic E-state index is 6.31. The average Bonchev–Trinajstić information content (AvgIpc) is 3.02. The summed E-state index contributed by atoms with van der Waals surface area (Å²) in [5, 5.41) is 9.40. The van der Waals surface area contributed by atoms with Crippen molar-refractivity contribution >= 4 is 34.7 Å². The molecule has 7 heteroatoms. The monoisotopic (exact) mass is 426 g/mol. The van der Waals surface area contributed by atoms with Gasteiger partial charge in [-0.1, -0.05) is 47.5 Å². The molecule has 29 heavy (non-hydrogen) atoms. The lowest BCUT2D eigenvalue weighted by atomic mass is 10.1. The highest BCUT2D eigenvalue weighted by Gasteiger charge is 2.18. The van der Waals surface area contributed by atoms with Gasteiger partial charge in [0.15, 0.2) is 5.65 Å². The van der Waals surface area contributed by atoms with Gasteiger partial charge in [-0.3, -0.25) is 0 Å². The van der Waals surface area contributed by atoms with Gasteiger partial charge in [-0.05, 0) is 37.6 Å². The van der Waals surface area contributed by atoms with E-state index in [0.717, 1.165) is 45.3 Å². The summed E-state index contributed by atoms with van der Waals surface area (Å²) in [6, 6.07) is 15.3.